The molecule has 0 saturated heterocycles. The van der Waals surface area contributed by atoms with Crippen LogP contribution in [0, 0.1) is 0 Å². The topological polar surface area (TPSA) is 78.9 Å². The second kappa shape index (κ2) is 51.9. The van der Waals surface area contributed by atoms with Crippen molar-refractivity contribution in [2.45, 2.75) is 194 Å². The van der Waals surface area contributed by atoms with Crippen molar-refractivity contribution in [3.05, 3.63) is 146 Å². The molecule has 0 fully saturated rings. The highest BCUT2D eigenvalue weighted by atomic mass is 16.6. The highest BCUT2D eigenvalue weighted by Crippen LogP contribution is 2.13. The summed E-state index contributed by atoms with van der Waals surface area (Å²) >= 11 is 0. The first-order chi connectivity index (χ1) is 32.0. The molecule has 1 atom stereocenters. The highest BCUT2D eigenvalue weighted by molar-refractivity contribution is 5.71. The van der Waals surface area contributed by atoms with Crippen LogP contribution >= 0.6 is 0 Å². The fourth-order valence-electron chi connectivity index (χ4n) is 6.24. The summed E-state index contributed by atoms with van der Waals surface area (Å²) in [7, 11) is 0. The monoisotopic (exact) mass is 895 g/mol. The Morgan fingerprint density at radius 1 is 0.323 bits per heavy atom. The summed E-state index contributed by atoms with van der Waals surface area (Å²) in [6.07, 6.45) is 74.0. The number of allylic oxidation sites excluding steroid dienone is 24. The summed E-state index contributed by atoms with van der Waals surface area (Å²) in [6, 6.07) is 0. The first kappa shape index (κ1) is 60.3. The number of rotatable bonds is 43. The molecule has 0 saturated carbocycles. The van der Waals surface area contributed by atoms with Crippen LogP contribution < -0.4 is 0 Å². The van der Waals surface area contributed by atoms with Crippen LogP contribution in [-0.2, 0) is 28.6 Å². The zero-order valence-electron chi connectivity index (χ0n) is 41.2. The quantitative estimate of drug-likeness (QED) is 0.0199. The second-order valence-corrected chi connectivity index (χ2v) is 16.1. The third kappa shape index (κ3) is 50.2. The van der Waals surface area contributed by atoms with Crippen molar-refractivity contribution in [3.63, 3.8) is 0 Å². The van der Waals surface area contributed by atoms with Gasteiger partial charge in [0.15, 0.2) is 6.10 Å². The van der Waals surface area contributed by atoms with Gasteiger partial charge in [0.2, 0.25) is 0 Å². The molecule has 6 heteroatoms. The van der Waals surface area contributed by atoms with E-state index in [9.17, 15) is 14.4 Å². The fraction of sp³-hybridized carbons (Fsp3) is 0.542. The van der Waals surface area contributed by atoms with Gasteiger partial charge in [-0.25, -0.2) is 0 Å². The smallest absolute Gasteiger partial charge is 0.306 e. The first-order valence-corrected chi connectivity index (χ1v) is 25.4. The Labute approximate surface area is 397 Å². The maximum absolute atomic E-state index is 12.8. The lowest BCUT2D eigenvalue weighted by molar-refractivity contribution is -0.167. The molecule has 0 aliphatic rings. The van der Waals surface area contributed by atoms with Crippen molar-refractivity contribution >= 4 is 17.9 Å². The number of hydrogen-bond donors (Lipinski definition) is 0. The zero-order valence-corrected chi connectivity index (χ0v) is 41.2. The molecule has 65 heavy (non-hydrogen) atoms. The Morgan fingerprint density at radius 3 is 1.06 bits per heavy atom. The van der Waals surface area contributed by atoms with Crippen molar-refractivity contribution in [1.82, 2.24) is 0 Å². The molecular weight excluding hydrogens is 805 g/mol. The van der Waals surface area contributed by atoms with Crippen LogP contribution in [-0.4, -0.2) is 37.2 Å². The Bertz CT molecular complexity index is 1490. The summed E-state index contributed by atoms with van der Waals surface area (Å²) in [5, 5.41) is 0. The van der Waals surface area contributed by atoms with Crippen molar-refractivity contribution in [2.24, 2.45) is 0 Å². The van der Waals surface area contributed by atoms with Gasteiger partial charge in [0.1, 0.15) is 13.2 Å². The van der Waals surface area contributed by atoms with E-state index in [1.807, 2.05) is 36.5 Å². The maximum atomic E-state index is 12.8. The van der Waals surface area contributed by atoms with E-state index in [1.165, 1.54) is 19.3 Å². The minimum Gasteiger partial charge on any atom is -0.462 e. The van der Waals surface area contributed by atoms with Gasteiger partial charge in [-0.3, -0.25) is 14.4 Å². The largest absolute Gasteiger partial charge is 0.462 e. The zero-order chi connectivity index (χ0) is 47.2. The van der Waals surface area contributed by atoms with Gasteiger partial charge in [-0.15, -0.1) is 0 Å². The van der Waals surface area contributed by atoms with E-state index in [2.05, 4.69) is 130 Å². The van der Waals surface area contributed by atoms with Crippen LogP contribution in [0.2, 0.25) is 0 Å². The van der Waals surface area contributed by atoms with E-state index in [0.717, 1.165) is 128 Å². The number of carbonyl (C=O) groups is 3. The number of hydrogen-bond acceptors (Lipinski definition) is 6. The third-order valence-corrected chi connectivity index (χ3v) is 9.98. The van der Waals surface area contributed by atoms with Gasteiger partial charge in [-0.05, 0) is 103 Å². The molecule has 0 aliphatic heterocycles. The SMILES string of the molecule is CC\C=C/C=C\C=C/C=C\CCCCCC(=O)OCC(COC(=O)CCCCC/C=C\C/C=C\C/C=C\C/C=C\C/C=C\CC)OC(=O)CCCCCCCCC\C=C/C=C\C=C/CC. The first-order valence-electron chi connectivity index (χ1n) is 25.4. The molecule has 362 valence electrons. The maximum Gasteiger partial charge on any atom is 0.306 e. The average Bonchev–Trinajstić information content (AvgIpc) is 3.30. The predicted molar refractivity (Wildman–Crippen MR) is 279 cm³/mol. The molecule has 0 amide bonds. The number of carbonyl (C=O) groups excluding carboxylic acids is 3. The minimum atomic E-state index is -0.821. The lowest BCUT2D eigenvalue weighted by Gasteiger charge is -2.18. The average molecular weight is 895 g/mol. The van der Waals surface area contributed by atoms with E-state index in [4.69, 9.17) is 14.2 Å². The van der Waals surface area contributed by atoms with Crippen LogP contribution in [0.3, 0.4) is 0 Å². The summed E-state index contributed by atoms with van der Waals surface area (Å²) in [6.45, 7) is 6.15. The molecule has 0 spiro atoms. The van der Waals surface area contributed by atoms with Crippen LogP contribution in [0.1, 0.15) is 188 Å². The molecule has 0 heterocycles. The van der Waals surface area contributed by atoms with Gasteiger partial charge in [0.05, 0.1) is 0 Å². The predicted octanol–water partition coefficient (Wildman–Crippen LogP) is 16.9. The third-order valence-electron chi connectivity index (χ3n) is 9.98. The Morgan fingerprint density at radius 2 is 0.631 bits per heavy atom. The van der Waals surface area contributed by atoms with E-state index >= 15 is 0 Å². The van der Waals surface area contributed by atoms with E-state index in [0.29, 0.717) is 19.3 Å². The molecule has 0 radical (unpaired) electrons. The molecule has 0 N–H and O–H groups in total. The summed E-state index contributed by atoms with van der Waals surface area (Å²) in [4.78, 5) is 38.0. The Hall–Kier alpha value is -4.71. The molecule has 1 unspecified atom stereocenters. The molecule has 6 nitrogen and oxygen atoms in total. The van der Waals surface area contributed by atoms with E-state index in [-0.39, 0.29) is 31.1 Å². The Balaban J connectivity index is 4.54. The van der Waals surface area contributed by atoms with Gasteiger partial charge in [-0.2, -0.15) is 0 Å². The highest BCUT2D eigenvalue weighted by Gasteiger charge is 2.19. The van der Waals surface area contributed by atoms with Crippen LogP contribution in [0.15, 0.2) is 146 Å². The van der Waals surface area contributed by atoms with E-state index < -0.39 is 6.10 Å². The fourth-order valence-corrected chi connectivity index (χ4v) is 6.24. The molecule has 0 aliphatic carbocycles. The van der Waals surface area contributed by atoms with E-state index in [1.54, 1.807) is 0 Å². The minimum absolute atomic E-state index is 0.120. The van der Waals surface area contributed by atoms with Crippen molar-refractivity contribution in [2.75, 3.05) is 13.2 Å². The van der Waals surface area contributed by atoms with Gasteiger partial charge >= 0.3 is 17.9 Å². The van der Waals surface area contributed by atoms with Gasteiger partial charge < -0.3 is 14.2 Å². The second-order valence-electron chi connectivity index (χ2n) is 16.1. The molecule has 0 aromatic carbocycles. The molecule has 0 aromatic heterocycles. The van der Waals surface area contributed by atoms with Crippen molar-refractivity contribution < 1.29 is 28.6 Å². The van der Waals surface area contributed by atoms with Crippen LogP contribution in [0.5, 0.6) is 0 Å². The van der Waals surface area contributed by atoms with Crippen LogP contribution in [0.4, 0.5) is 0 Å². The molecular formula is C59H90O6. The number of ether oxygens (including phenoxy) is 3. The molecule has 0 bridgehead atoms. The van der Waals surface area contributed by atoms with Crippen LogP contribution in [0.25, 0.3) is 0 Å². The Kier molecular flexibility index (Phi) is 48.2. The normalized spacial score (nSPS) is 13.3. The van der Waals surface area contributed by atoms with Crippen molar-refractivity contribution in [1.29, 1.82) is 0 Å². The van der Waals surface area contributed by atoms with Crippen molar-refractivity contribution in [3.8, 4) is 0 Å². The standard InChI is InChI=1S/C59H90O6/c1-4-7-10-13-16-19-22-25-27-28-29-30-32-34-37-40-43-46-49-52-58(61)64-55-56(54-63-57(60)51-48-45-42-39-36-33-24-21-18-15-12-9-6-3)65-59(62)53-50-47-44-41-38-35-31-26-23-20-17-14-11-8-5-2/h7-12,14-21,23-25,27,29-30,33-34,36-37,56H,4-6,13,22,26,28,31-32,35,38-55H2,1-3H3/b10-7-,11-8-,12-9-,17-14-,18-15-,19-16-,23-20-,24-21-,27-25-,30-29-,36-33-,37-34-. The van der Waals surface area contributed by atoms with Gasteiger partial charge in [0, 0.05) is 19.3 Å². The van der Waals surface area contributed by atoms with Gasteiger partial charge in [0.25, 0.3) is 0 Å². The summed E-state index contributed by atoms with van der Waals surface area (Å²) < 4.78 is 16.7. The lowest BCUT2D eigenvalue weighted by atomic mass is 10.1. The summed E-state index contributed by atoms with van der Waals surface area (Å²) in [5.41, 5.74) is 0. The molecule has 0 rings (SSSR count). The molecule has 0 aromatic rings. The number of unbranched alkanes of at least 4 members (excludes halogenated alkanes) is 13. The number of esters is 3. The summed E-state index contributed by atoms with van der Waals surface area (Å²) in [5.74, 6) is -1.01. The van der Waals surface area contributed by atoms with Gasteiger partial charge in [-0.1, -0.05) is 212 Å². The lowest BCUT2D eigenvalue weighted by Crippen LogP contribution is -2.30.